The maximum atomic E-state index is 8.66. The van der Waals surface area contributed by atoms with Crippen molar-refractivity contribution in [2.24, 2.45) is 10.1 Å². The number of para-hydroxylation sites is 2. The Balaban J connectivity index is 1.76. The standard InChI is InChI=1S/C22H17N5S/c23-22-26(19-14-8-3-9-15-19)21(28)20(25-18-12-6-2-7-13-18)27(22)24-16-17-10-4-1-5-11-17/h1-16,23H/b23-22?,24-16+,25-20?. The zero-order valence-electron chi connectivity index (χ0n) is 14.9. The molecule has 1 fully saturated rings. The van der Waals surface area contributed by atoms with Gasteiger partial charge in [-0.3, -0.25) is 10.3 Å². The van der Waals surface area contributed by atoms with Crippen LogP contribution in [0.1, 0.15) is 5.56 Å². The number of nitrogens with zero attached hydrogens (tertiary/aromatic N) is 4. The van der Waals surface area contributed by atoms with Crippen LogP contribution >= 0.6 is 12.2 Å². The first kappa shape index (κ1) is 17.8. The fraction of sp³-hybridized carbons (Fsp3) is 0. The van der Waals surface area contributed by atoms with Crippen LogP contribution in [-0.4, -0.2) is 28.0 Å². The Bertz CT molecular complexity index is 1050. The van der Waals surface area contributed by atoms with E-state index >= 15 is 0 Å². The number of rotatable bonds is 4. The van der Waals surface area contributed by atoms with Crippen molar-refractivity contribution in [3.05, 3.63) is 96.6 Å². The zero-order valence-corrected chi connectivity index (χ0v) is 15.8. The first-order valence-corrected chi connectivity index (χ1v) is 9.16. The lowest BCUT2D eigenvalue weighted by Gasteiger charge is -2.16. The molecule has 0 saturated carbocycles. The molecule has 0 amide bonds. The second-order valence-corrected chi connectivity index (χ2v) is 6.42. The van der Waals surface area contributed by atoms with Crippen molar-refractivity contribution in [1.29, 1.82) is 5.41 Å². The molecule has 6 heteroatoms. The van der Waals surface area contributed by atoms with E-state index in [0.717, 1.165) is 16.9 Å². The van der Waals surface area contributed by atoms with Crippen molar-refractivity contribution in [2.45, 2.75) is 0 Å². The highest BCUT2D eigenvalue weighted by Crippen LogP contribution is 2.25. The molecule has 0 spiro atoms. The SMILES string of the molecule is N=C1N(/N=C/c2ccccc2)C(=Nc2ccccc2)C(=S)N1c1ccccc1. The van der Waals surface area contributed by atoms with Crippen molar-refractivity contribution >= 4 is 46.6 Å². The molecule has 4 rings (SSSR count). The average Bonchev–Trinajstić information content (AvgIpc) is 2.98. The molecule has 136 valence electrons. The van der Waals surface area contributed by atoms with E-state index in [-0.39, 0.29) is 5.96 Å². The van der Waals surface area contributed by atoms with Crippen LogP contribution in [-0.2, 0) is 0 Å². The van der Waals surface area contributed by atoms with E-state index in [2.05, 4.69) is 10.1 Å². The fourth-order valence-corrected chi connectivity index (χ4v) is 3.12. The lowest BCUT2D eigenvalue weighted by molar-refractivity contribution is 0.671. The number of thiocarbonyl (C=S) groups is 1. The van der Waals surface area contributed by atoms with Gasteiger partial charge in [-0.05, 0) is 29.8 Å². The summed E-state index contributed by atoms with van der Waals surface area (Å²) in [6.45, 7) is 0. The predicted octanol–water partition coefficient (Wildman–Crippen LogP) is 4.84. The summed E-state index contributed by atoms with van der Waals surface area (Å²) in [6, 6.07) is 28.8. The van der Waals surface area contributed by atoms with Gasteiger partial charge in [0.25, 0.3) is 0 Å². The van der Waals surface area contributed by atoms with Crippen molar-refractivity contribution in [3.63, 3.8) is 0 Å². The summed E-state index contributed by atoms with van der Waals surface area (Å²) in [6.07, 6.45) is 1.70. The molecule has 1 aliphatic heterocycles. The number of anilines is 1. The van der Waals surface area contributed by atoms with Crippen LogP contribution in [0.4, 0.5) is 11.4 Å². The van der Waals surface area contributed by atoms with E-state index in [9.17, 15) is 0 Å². The lowest BCUT2D eigenvalue weighted by atomic mass is 10.2. The molecule has 1 heterocycles. The maximum absolute atomic E-state index is 8.66. The summed E-state index contributed by atoms with van der Waals surface area (Å²) in [4.78, 5) is 6.77. The molecule has 0 aromatic heterocycles. The highest BCUT2D eigenvalue weighted by Gasteiger charge is 2.38. The fourth-order valence-electron chi connectivity index (χ4n) is 2.79. The Morgan fingerprint density at radius 3 is 2.00 bits per heavy atom. The van der Waals surface area contributed by atoms with Crippen molar-refractivity contribution < 1.29 is 0 Å². The molecule has 1 saturated heterocycles. The zero-order chi connectivity index (χ0) is 19.3. The van der Waals surface area contributed by atoms with Gasteiger partial charge < -0.3 is 0 Å². The molecule has 0 unspecified atom stereocenters. The molecule has 0 aliphatic carbocycles. The van der Waals surface area contributed by atoms with E-state index in [1.165, 1.54) is 5.01 Å². The Morgan fingerprint density at radius 1 is 0.786 bits per heavy atom. The molecule has 3 aromatic rings. The van der Waals surface area contributed by atoms with Gasteiger partial charge in [0.05, 0.1) is 17.6 Å². The molecule has 0 radical (unpaired) electrons. The average molecular weight is 383 g/mol. The molecule has 3 aromatic carbocycles. The Morgan fingerprint density at radius 2 is 1.36 bits per heavy atom. The summed E-state index contributed by atoms with van der Waals surface area (Å²) < 4.78 is 0. The van der Waals surface area contributed by atoms with E-state index in [1.54, 1.807) is 11.1 Å². The van der Waals surface area contributed by atoms with Crippen LogP contribution in [0.2, 0.25) is 0 Å². The third-order valence-electron chi connectivity index (χ3n) is 4.13. The van der Waals surface area contributed by atoms with Gasteiger partial charge in [-0.25, -0.2) is 4.99 Å². The normalized spacial score (nSPS) is 15.8. The van der Waals surface area contributed by atoms with E-state index in [4.69, 9.17) is 17.6 Å². The van der Waals surface area contributed by atoms with Gasteiger partial charge in [-0.2, -0.15) is 10.1 Å². The van der Waals surface area contributed by atoms with E-state index in [0.29, 0.717) is 10.8 Å². The van der Waals surface area contributed by atoms with Gasteiger partial charge in [0, 0.05) is 0 Å². The summed E-state index contributed by atoms with van der Waals surface area (Å²) in [7, 11) is 0. The van der Waals surface area contributed by atoms with Gasteiger partial charge in [0.15, 0.2) is 10.8 Å². The largest absolute Gasteiger partial charge is 0.267 e. The minimum atomic E-state index is 0.137. The monoisotopic (exact) mass is 383 g/mol. The summed E-state index contributed by atoms with van der Waals surface area (Å²) in [5, 5.41) is 14.6. The second kappa shape index (κ2) is 7.94. The molecular weight excluding hydrogens is 366 g/mol. The minimum absolute atomic E-state index is 0.137. The number of hydrogen-bond donors (Lipinski definition) is 1. The molecule has 1 N–H and O–H groups in total. The number of aliphatic imine (C=N–C) groups is 1. The molecule has 0 bridgehead atoms. The second-order valence-electron chi connectivity index (χ2n) is 6.04. The van der Waals surface area contributed by atoms with Crippen LogP contribution in [0.5, 0.6) is 0 Å². The van der Waals surface area contributed by atoms with Crippen LogP contribution in [0.3, 0.4) is 0 Å². The summed E-state index contributed by atoms with van der Waals surface area (Å²) >= 11 is 5.67. The molecule has 0 atom stereocenters. The number of guanidine groups is 1. The molecule has 28 heavy (non-hydrogen) atoms. The molecule has 1 aliphatic rings. The molecule has 5 nitrogen and oxygen atoms in total. The Hall–Kier alpha value is -3.64. The van der Waals surface area contributed by atoms with Crippen molar-refractivity contribution in [1.82, 2.24) is 5.01 Å². The minimum Gasteiger partial charge on any atom is -0.267 e. The van der Waals surface area contributed by atoms with Crippen LogP contribution < -0.4 is 4.90 Å². The lowest BCUT2D eigenvalue weighted by Crippen LogP contribution is -2.31. The van der Waals surface area contributed by atoms with Gasteiger partial charge in [-0.15, -0.1) is 0 Å². The first-order chi connectivity index (χ1) is 13.7. The third-order valence-corrected chi connectivity index (χ3v) is 4.50. The van der Waals surface area contributed by atoms with Crippen molar-refractivity contribution in [3.8, 4) is 0 Å². The number of hydrogen-bond acceptors (Lipinski definition) is 4. The number of amidine groups is 1. The predicted molar refractivity (Wildman–Crippen MR) is 119 cm³/mol. The highest BCUT2D eigenvalue weighted by atomic mass is 32.1. The van der Waals surface area contributed by atoms with Gasteiger partial charge >= 0.3 is 0 Å². The number of benzene rings is 3. The van der Waals surface area contributed by atoms with E-state index < -0.39 is 0 Å². The topological polar surface area (TPSA) is 55.1 Å². The number of nitrogens with one attached hydrogen (secondary N) is 1. The van der Waals surface area contributed by atoms with Crippen molar-refractivity contribution in [2.75, 3.05) is 4.90 Å². The van der Waals surface area contributed by atoms with Gasteiger partial charge in [0.1, 0.15) is 0 Å². The number of hydrazone groups is 1. The van der Waals surface area contributed by atoms with Crippen LogP contribution in [0.15, 0.2) is 101 Å². The van der Waals surface area contributed by atoms with Crippen LogP contribution in [0.25, 0.3) is 0 Å². The maximum Gasteiger partial charge on any atom is 0.231 e. The first-order valence-electron chi connectivity index (χ1n) is 8.75. The highest BCUT2D eigenvalue weighted by molar-refractivity contribution is 7.82. The van der Waals surface area contributed by atoms with Gasteiger partial charge in [0.2, 0.25) is 5.96 Å². The molecular formula is C22H17N5S. The quantitative estimate of drug-likeness (QED) is 0.518. The summed E-state index contributed by atoms with van der Waals surface area (Å²) in [5.41, 5.74) is 2.48. The Labute approximate surface area is 168 Å². The Kier molecular flexibility index (Phi) is 5.03. The van der Waals surface area contributed by atoms with Gasteiger partial charge in [-0.1, -0.05) is 78.9 Å². The third kappa shape index (κ3) is 3.58. The summed E-state index contributed by atoms with van der Waals surface area (Å²) in [5.74, 6) is 0.584. The smallest absolute Gasteiger partial charge is 0.231 e. The van der Waals surface area contributed by atoms with Crippen LogP contribution in [0, 0.1) is 5.41 Å². The van der Waals surface area contributed by atoms with E-state index in [1.807, 2.05) is 91.0 Å².